The van der Waals surface area contributed by atoms with Gasteiger partial charge in [-0.2, -0.15) is 12.7 Å². The summed E-state index contributed by atoms with van der Waals surface area (Å²) in [6.07, 6.45) is 6.09. The largest absolute Gasteiger partial charge is 0.493 e. The van der Waals surface area contributed by atoms with E-state index in [1.807, 2.05) is 25.2 Å². The molecule has 3 N–H and O–H groups in total. The summed E-state index contributed by atoms with van der Waals surface area (Å²) in [6, 6.07) is 11.3. The number of hydrogen-bond acceptors (Lipinski definition) is 8. The molecule has 0 radical (unpaired) electrons. The Kier molecular flexibility index (Phi) is 9.40. The average Bonchev–Trinajstić information content (AvgIpc) is 3.30. The monoisotopic (exact) mass is 611 g/mol. The van der Waals surface area contributed by atoms with E-state index in [1.54, 1.807) is 19.2 Å². The van der Waals surface area contributed by atoms with E-state index in [2.05, 4.69) is 20.3 Å². The summed E-state index contributed by atoms with van der Waals surface area (Å²) in [4.78, 5) is 26.3. The molecule has 1 atom stereocenters. The van der Waals surface area contributed by atoms with Crippen molar-refractivity contribution in [3.8, 4) is 22.8 Å². The first-order valence-electron chi connectivity index (χ1n) is 14.8. The van der Waals surface area contributed by atoms with Crippen molar-refractivity contribution in [3.63, 3.8) is 0 Å². The lowest BCUT2D eigenvalue weighted by Gasteiger charge is -2.32. The van der Waals surface area contributed by atoms with E-state index in [0.717, 1.165) is 52.1 Å². The maximum Gasteiger partial charge on any atom is 0.304 e. The third-order valence-corrected chi connectivity index (χ3v) is 10.1. The van der Waals surface area contributed by atoms with Crippen LogP contribution in [-0.2, 0) is 21.5 Å². The Morgan fingerprint density at radius 1 is 1.19 bits per heavy atom. The number of nitrogens with two attached hydrogens (primary N) is 1. The van der Waals surface area contributed by atoms with Crippen LogP contribution in [0.5, 0.6) is 11.5 Å². The number of methoxy groups -OCH3 is 1. The van der Waals surface area contributed by atoms with E-state index in [4.69, 9.17) is 15.2 Å². The van der Waals surface area contributed by atoms with E-state index in [-0.39, 0.29) is 18.2 Å². The second kappa shape index (κ2) is 13.0. The van der Waals surface area contributed by atoms with Crippen molar-refractivity contribution >= 4 is 33.3 Å². The number of rotatable bonds is 10. The molecule has 11 nitrogen and oxygen atoms in total. The molecule has 1 saturated carbocycles. The fourth-order valence-corrected chi connectivity index (χ4v) is 7.13. The summed E-state index contributed by atoms with van der Waals surface area (Å²) in [6.45, 7) is 1.80. The number of aromatic nitrogens is 1. The van der Waals surface area contributed by atoms with Crippen molar-refractivity contribution < 1.29 is 27.5 Å². The highest BCUT2D eigenvalue weighted by atomic mass is 32.2. The van der Waals surface area contributed by atoms with Crippen LogP contribution < -0.4 is 19.9 Å². The highest BCUT2D eigenvalue weighted by molar-refractivity contribution is 7.87. The highest BCUT2D eigenvalue weighted by Gasteiger charge is 2.33. The summed E-state index contributed by atoms with van der Waals surface area (Å²) >= 11 is 0. The van der Waals surface area contributed by atoms with Crippen molar-refractivity contribution in [3.05, 3.63) is 47.5 Å². The zero-order chi connectivity index (χ0) is 30.7. The van der Waals surface area contributed by atoms with Gasteiger partial charge in [0, 0.05) is 48.7 Å². The number of hydrogen-bond donors (Lipinski definition) is 2. The van der Waals surface area contributed by atoms with Gasteiger partial charge in [0.2, 0.25) is 0 Å². The van der Waals surface area contributed by atoms with Crippen LogP contribution in [0.15, 0.2) is 36.4 Å². The molecule has 0 saturated heterocycles. The Bertz CT molecular complexity index is 1600. The number of likely N-dealkylation sites (N-methyl/N-ethyl adjacent to an activating group) is 2. The quantitative estimate of drug-likeness (QED) is 0.334. The van der Waals surface area contributed by atoms with E-state index in [9.17, 15) is 18.0 Å². The van der Waals surface area contributed by atoms with Gasteiger partial charge in [-0.05, 0) is 55.6 Å². The minimum atomic E-state index is -4.19. The summed E-state index contributed by atoms with van der Waals surface area (Å²) in [7, 11) is 0.715. The van der Waals surface area contributed by atoms with Crippen LogP contribution in [0.1, 0.15) is 53.9 Å². The van der Waals surface area contributed by atoms with Gasteiger partial charge in [0.25, 0.3) is 5.91 Å². The second-order valence-electron chi connectivity index (χ2n) is 11.4. The Morgan fingerprint density at radius 3 is 2.65 bits per heavy atom. The molecule has 1 aliphatic carbocycles. The molecule has 1 fully saturated rings. The van der Waals surface area contributed by atoms with Crippen LogP contribution in [0.2, 0.25) is 0 Å². The number of carbonyl (C=O) groups excluding carboxylic acids is 2. The number of nitrogens with one attached hydrogen (secondary N) is 1. The van der Waals surface area contributed by atoms with Crippen LogP contribution in [0.25, 0.3) is 22.2 Å². The number of benzene rings is 2. The van der Waals surface area contributed by atoms with Gasteiger partial charge in [-0.1, -0.05) is 31.4 Å². The minimum absolute atomic E-state index is 0.0370. The first kappa shape index (κ1) is 31.0. The molecule has 2 aliphatic rings. The molecule has 3 aromatic rings. The average molecular weight is 612 g/mol. The molecule has 12 heteroatoms. The van der Waals surface area contributed by atoms with Crippen molar-refractivity contribution in [2.24, 2.45) is 5.73 Å². The molecule has 2 heterocycles. The van der Waals surface area contributed by atoms with Gasteiger partial charge in [-0.15, -0.1) is 0 Å². The third-order valence-electron chi connectivity index (χ3n) is 8.72. The molecule has 0 bridgehead atoms. The van der Waals surface area contributed by atoms with E-state index < -0.39 is 16.1 Å². The number of nitrogens with zero attached hydrogens (tertiary/aromatic N) is 3. The van der Waals surface area contributed by atoms with Gasteiger partial charge in [-0.3, -0.25) is 9.69 Å². The Morgan fingerprint density at radius 2 is 1.95 bits per heavy atom. The SMILES string of the molecule is COc1cccc2c1OC[C@H](N(C)CCN)Cn1c-2c(C2CCCCC2)c2ccc(C(=O)NS(=O)(=O)N(C)CC=O)cc21. The van der Waals surface area contributed by atoms with Gasteiger partial charge >= 0.3 is 10.2 Å². The molecule has 5 rings (SSSR count). The second-order valence-corrected chi connectivity index (χ2v) is 13.2. The first-order chi connectivity index (χ1) is 20.7. The lowest BCUT2D eigenvalue weighted by atomic mass is 9.81. The maximum atomic E-state index is 13.3. The van der Waals surface area contributed by atoms with Crippen LogP contribution in [0, 0.1) is 0 Å². The molecular weight excluding hydrogens is 570 g/mol. The molecule has 0 spiro atoms. The number of carbonyl (C=O) groups is 2. The Balaban J connectivity index is 1.73. The molecule has 43 heavy (non-hydrogen) atoms. The summed E-state index contributed by atoms with van der Waals surface area (Å²) < 4.78 is 42.7. The molecule has 1 amide bonds. The smallest absolute Gasteiger partial charge is 0.304 e. The van der Waals surface area contributed by atoms with Gasteiger partial charge in [0.05, 0.1) is 25.4 Å². The molecule has 1 aliphatic heterocycles. The van der Waals surface area contributed by atoms with Gasteiger partial charge in [0.1, 0.15) is 12.9 Å². The number of fused-ring (bicyclic) bond motifs is 5. The minimum Gasteiger partial charge on any atom is -0.493 e. The predicted molar refractivity (Wildman–Crippen MR) is 166 cm³/mol. The molecule has 1 aromatic heterocycles. The number of aldehydes is 1. The van der Waals surface area contributed by atoms with Crippen molar-refractivity contribution in [1.82, 2.24) is 18.5 Å². The fraction of sp³-hybridized carbons (Fsp3) is 0.484. The number of ether oxygens (including phenoxy) is 2. The lowest BCUT2D eigenvalue weighted by molar-refractivity contribution is -0.107. The van der Waals surface area contributed by atoms with Crippen molar-refractivity contribution in [1.29, 1.82) is 0 Å². The topological polar surface area (TPSA) is 136 Å². The molecular formula is C31H41N5O6S. The third kappa shape index (κ3) is 6.14. The van der Waals surface area contributed by atoms with Crippen LogP contribution >= 0.6 is 0 Å². The fourth-order valence-electron chi connectivity index (χ4n) is 6.37. The van der Waals surface area contributed by atoms with Crippen molar-refractivity contribution in [2.75, 3.05) is 47.4 Å². The van der Waals surface area contributed by atoms with E-state index >= 15 is 0 Å². The summed E-state index contributed by atoms with van der Waals surface area (Å²) in [5.41, 5.74) is 10.2. The van der Waals surface area contributed by atoms with E-state index in [0.29, 0.717) is 49.9 Å². The first-order valence-corrected chi connectivity index (χ1v) is 16.2. The lowest BCUT2D eigenvalue weighted by Crippen LogP contribution is -2.43. The zero-order valence-electron chi connectivity index (χ0n) is 25.0. The van der Waals surface area contributed by atoms with Crippen molar-refractivity contribution in [2.45, 2.75) is 50.6 Å². The zero-order valence-corrected chi connectivity index (χ0v) is 25.9. The standard InChI is InChI=1S/C31H41N5O6S/c1-34(15-14-32)23-19-36-26-18-22(31(38)33-43(39,40)35(2)16-17-37)12-13-24(26)28(21-8-5-4-6-9-21)29(36)25-10-7-11-27(41-3)30(25)42-20-23/h7,10-13,17-18,21,23H,4-6,8-9,14-16,19-20,32H2,1-3H3,(H,33,38)/t23-/m1/s1. The molecule has 232 valence electrons. The predicted octanol–water partition coefficient (Wildman–Crippen LogP) is 3.12. The number of amides is 1. The van der Waals surface area contributed by atoms with Gasteiger partial charge in [-0.25, -0.2) is 4.72 Å². The highest BCUT2D eigenvalue weighted by Crippen LogP contribution is 2.49. The normalized spacial score (nSPS) is 17.6. The van der Waals surface area contributed by atoms with Gasteiger partial charge < -0.3 is 24.6 Å². The molecule has 2 aromatic carbocycles. The molecule has 0 unspecified atom stereocenters. The van der Waals surface area contributed by atoms with Crippen LogP contribution in [0.3, 0.4) is 0 Å². The number of para-hydroxylation sites is 1. The van der Waals surface area contributed by atoms with Crippen LogP contribution in [0.4, 0.5) is 0 Å². The maximum absolute atomic E-state index is 13.3. The van der Waals surface area contributed by atoms with E-state index in [1.165, 1.54) is 19.0 Å². The van der Waals surface area contributed by atoms with Gasteiger partial charge in [0.15, 0.2) is 11.5 Å². The Hall–Kier alpha value is -3.45. The summed E-state index contributed by atoms with van der Waals surface area (Å²) in [5.74, 6) is 0.890. The van der Waals surface area contributed by atoms with Crippen LogP contribution in [-0.4, -0.2) is 87.9 Å². The summed E-state index contributed by atoms with van der Waals surface area (Å²) in [5, 5.41) is 1.04. The Labute approximate surface area is 253 Å².